The lowest BCUT2D eigenvalue weighted by atomic mass is 10.8. The van der Waals surface area contributed by atoms with E-state index in [9.17, 15) is 4.39 Å². The van der Waals surface area contributed by atoms with Gasteiger partial charge in [0.25, 0.3) is 0 Å². The average molecular weight is 87.9 g/mol. The Kier molecular flexibility index (Phi) is 7.72. The van der Waals surface area contributed by atoms with Crippen molar-refractivity contribution in [2.45, 2.75) is 0 Å². The zero-order valence-corrected chi connectivity index (χ0v) is 4.11. The number of halogens is 1. The third-order valence-electron chi connectivity index (χ3n) is 0.239. The Balaban J connectivity index is 0. The average Bonchev–Trinajstić information content (AvgIpc) is 1.38. The molecule has 3 heteroatoms. The van der Waals surface area contributed by atoms with Gasteiger partial charge in [0, 0.05) is 8.41 Å². The molecule has 0 aliphatic heterocycles. The summed E-state index contributed by atoms with van der Waals surface area (Å²) >= 11 is 0. The minimum Gasteiger partial charge on any atom is -0.283 e. The number of hydrogen-bond acceptors (Lipinski definition) is 1. The fraction of sp³-hybridized carbons (Fsp3) is 1.00. The number of alkyl halides is 1. The highest BCUT2D eigenvalue weighted by Gasteiger charge is 1.76. The van der Waals surface area contributed by atoms with Crippen LogP contribution in [0.15, 0.2) is 0 Å². The molecular weight excluding hydrogens is 79.8 g/mol. The summed E-state index contributed by atoms with van der Waals surface area (Å²) in [5.74, 6) is 0. The van der Waals surface area contributed by atoms with Crippen LogP contribution < -0.4 is 0 Å². The molecule has 0 aromatic carbocycles. The molecule has 35 valence electrons. The van der Waals surface area contributed by atoms with Crippen molar-refractivity contribution in [3.63, 3.8) is 0 Å². The fourth-order valence-electron chi connectivity index (χ4n) is 0. The first-order valence-electron chi connectivity index (χ1n) is 1.48. The Morgan fingerprint density at radius 3 is 1.67 bits per heavy atom. The van der Waals surface area contributed by atoms with E-state index in [4.69, 9.17) is 0 Å². The van der Waals surface area contributed by atoms with E-state index >= 15 is 0 Å². The highest BCUT2D eigenvalue weighted by molar-refractivity contribution is 5.75. The van der Waals surface area contributed by atoms with E-state index in [0.717, 1.165) is 0 Å². The predicted octanol–water partition coefficient (Wildman–Crippen LogP) is 0.0942. The van der Waals surface area contributed by atoms with Gasteiger partial charge in [-0.05, 0) is 14.1 Å². The number of hydrogen-bond donors (Lipinski definition) is 0. The summed E-state index contributed by atoms with van der Waals surface area (Å²) in [6.45, 7) is -0.361. The maximum Gasteiger partial charge on any atom is 0.142 e. The molecule has 0 saturated heterocycles. The number of nitrogens with zero attached hydrogens (tertiary/aromatic N) is 1. The Bertz CT molecular complexity index is 24.8. The molecule has 0 aliphatic rings. The summed E-state index contributed by atoms with van der Waals surface area (Å²) in [4.78, 5) is 1.46. The molecule has 1 nitrogen and oxygen atoms in total. The van der Waals surface area contributed by atoms with E-state index in [1.54, 1.807) is 14.1 Å². The molecule has 0 aromatic rings. The zero-order valence-electron chi connectivity index (χ0n) is 4.11. The lowest BCUT2D eigenvalue weighted by Gasteiger charge is -1.96. The Morgan fingerprint density at radius 1 is 1.50 bits per heavy atom. The van der Waals surface area contributed by atoms with Crippen LogP contribution in [-0.2, 0) is 0 Å². The first-order valence-corrected chi connectivity index (χ1v) is 1.48. The maximum absolute atomic E-state index is 11.0. The van der Waals surface area contributed by atoms with Crippen LogP contribution in [0.5, 0.6) is 0 Å². The normalized spacial score (nSPS) is 8.00. The van der Waals surface area contributed by atoms with Gasteiger partial charge in [-0.25, -0.2) is 4.39 Å². The van der Waals surface area contributed by atoms with Crippen LogP contribution in [0.4, 0.5) is 4.39 Å². The van der Waals surface area contributed by atoms with Crippen LogP contribution in [0, 0.1) is 0 Å². The van der Waals surface area contributed by atoms with Gasteiger partial charge in [-0.3, -0.25) is 4.90 Å². The smallest absolute Gasteiger partial charge is 0.142 e. The topological polar surface area (TPSA) is 3.24 Å². The second kappa shape index (κ2) is 4.95. The molecule has 0 N–H and O–H groups in total. The van der Waals surface area contributed by atoms with Gasteiger partial charge in [-0.15, -0.1) is 0 Å². The van der Waals surface area contributed by atoms with Gasteiger partial charge >= 0.3 is 0 Å². The van der Waals surface area contributed by atoms with Gasteiger partial charge in [0.2, 0.25) is 0 Å². The van der Waals surface area contributed by atoms with Gasteiger partial charge in [0.05, 0.1) is 0 Å². The number of rotatable bonds is 1. The SMILES string of the molecule is CN(C)CF.[B]. The summed E-state index contributed by atoms with van der Waals surface area (Å²) < 4.78 is 11.0. The van der Waals surface area contributed by atoms with E-state index in [2.05, 4.69) is 0 Å². The highest BCUT2D eigenvalue weighted by atomic mass is 19.1. The van der Waals surface area contributed by atoms with Crippen LogP contribution in [-0.4, -0.2) is 34.2 Å². The third kappa shape index (κ3) is 9.04. The van der Waals surface area contributed by atoms with Crippen LogP contribution in [0.2, 0.25) is 0 Å². The van der Waals surface area contributed by atoms with Gasteiger partial charge in [0.15, 0.2) is 0 Å². The second-order valence-electron chi connectivity index (χ2n) is 1.20. The Hall–Kier alpha value is -0.0451. The monoisotopic (exact) mass is 88.1 g/mol. The van der Waals surface area contributed by atoms with Crippen molar-refractivity contribution in [2.24, 2.45) is 0 Å². The van der Waals surface area contributed by atoms with Crippen molar-refractivity contribution in [3.8, 4) is 0 Å². The van der Waals surface area contributed by atoms with Gasteiger partial charge in [-0.1, -0.05) is 0 Å². The molecule has 0 spiro atoms. The molecule has 3 radical (unpaired) electrons. The van der Waals surface area contributed by atoms with Crippen molar-refractivity contribution in [2.75, 3.05) is 20.9 Å². The molecule has 0 aromatic heterocycles. The summed E-state index contributed by atoms with van der Waals surface area (Å²) in [7, 11) is 3.36. The second-order valence-corrected chi connectivity index (χ2v) is 1.20. The van der Waals surface area contributed by atoms with E-state index < -0.39 is 0 Å². The standard InChI is InChI=1S/C3H8FN.B/c1-5(2)3-4;/h3H2,1-2H3;. The van der Waals surface area contributed by atoms with Crippen LogP contribution in [0.25, 0.3) is 0 Å². The molecule has 0 amide bonds. The fourth-order valence-corrected chi connectivity index (χ4v) is 0. The zero-order chi connectivity index (χ0) is 4.28. The molecule has 0 saturated carbocycles. The van der Waals surface area contributed by atoms with Crippen LogP contribution in [0.1, 0.15) is 0 Å². The molecule has 0 heterocycles. The molecule has 0 atom stereocenters. The molecular formula is C3H8BFN. The van der Waals surface area contributed by atoms with Crippen molar-refractivity contribution in [1.82, 2.24) is 4.90 Å². The van der Waals surface area contributed by atoms with Crippen molar-refractivity contribution in [3.05, 3.63) is 0 Å². The summed E-state index contributed by atoms with van der Waals surface area (Å²) in [5.41, 5.74) is 0. The summed E-state index contributed by atoms with van der Waals surface area (Å²) in [6, 6.07) is 0. The highest BCUT2D eigenvalue weighted by Crippen LogP contribution is 1.68. The summed E-state index contributed by atoms with van der Waals surface area (Å²) in [6.07, 6.45) is 0. The lowest BCUT2D eigenvalue weighted by Crippen LogP contribution is -2.07. The van der Waals surface area contributed by atoms with Crippen molar-refractivity contribution >= 4 is 8.41 Å². The Labute approximate surface area is 39.7 Å². The molecule has 0 unspecified atom stereocenters. The van der Waals surface area contributed by atoms with Gasteiger partial charge in [-0.2, -0.15) is 0 Å². The quantitative estimate of drug-likeness (QED) is 0.324. The van der Waals surface area contributed by atoms with Crippen LogP contribution >= 0.6 is 0 Å². The largest absolute Gasteiger partial charge is 0.283 e. The van der Waals surface area contributed by atoms with Crippen molar-refractivity contribution in [1.29, 1.82) is 0 Å². The van der Waals surface area contributed by atoms with Crippen LogP contribution in [0.3, 0.4) is 0 Å². The van der Waals surface area contributed by atoms with E-state index in [1.165, 1.54) is 4.90 Å². The van der Waals surface area contributed by atoms with Gasteiger partial charge in [0.1, 0.15) is 6.80 Å². The predicted molar refractivity (Wildman–Crippen MR) is 25.4 cm³/mol. The third-order valence-corrected chi connectivity index (χ3v) is 0.239. The minimum absolute atomic E-state index is 0. The molecule has 0 rings (SSSR count). The minimum atomic E-state index is -0.361. The lowest BCUT2D eigenvalue weighted by molar-refractivity contribution is 0.266. The van der Waals surface area contributed by atoms with E-state index in [0.29, 0.717) is 0 Å². The Morgan fingerprint density at radius 2 is 1.67 bits per heavy atom. The molecule has 0 fully saturated rings. The van der Waals surface area contributed by atoms with E-state index in [-0.39, 0.29) is 15.2 Å². The molecule has 0 bridgehead atoms. The maximum atomic E-state index is 11.0. The first-order chi connectivity index (χ1) is 2.27. The van der Waals surface area contributed by atoms with Crippen molar-refractivity contribution < 1.29 is 4.39 Å². The molecule has 6 heavy (non-hydrogen) atoms. The first kappa shape index (κ1) is 9.35. The van der Waals surface area contributed by atoms with E-state index in [1.807, 2.05) is 0 Å². The van der Waals surface area contributed by atoms with Gasteiger partial charge < -0.3 is 0 Å². The summed E-state index contributed by atoms with van der Waals surface area (Å²) in [5, 5.41) is 0. The molecule has 0 aliphatic carbocycles.